The van der Waals surface area contributed by atoms with Crippen molar-refractivity contribution in [3.8, 4) is 11.8 Å². The number of para-hydroxylation sites is 2. The summed E-state index contributed by atoms with van der Waals surface area (Å²) in [6, 6.07) is 24.5. The van der Waals surface area contributed by atoms with Gasteiger partial charge in [-0.25, -0.2) is 4.79 Å². The number of fused-ring (bicyclic) bond motifs is 3. The van der Waals surface area contributed by atoms with E-state index in [4.69, 9.17) is 16.3 Å². The van der Waals surface area contributed by atoms with Crippen LogP contribution < -0.4 is 9.64 Å². The molecular weight excluding hydrogens is 452 g/mol. The first kappa shape index (κ1) is 21.7. The molecule has 0 aromatic heterocycles. The number of hydrogen-bond donors (Lipinski definition) is 1. The molecule has 2 heterocycles. The van der Waals surface area contributed by atoms with Crippen LogP contribution in [0.2, 0.25) is 0 Å². The Morgan fingerprint density at radius 2 is 1.59 bits per heavy atom. The molecule has 6 nitrogen and oxygen atoms in total. The Bertz CT molecular complexity index is 1340. The minimum absolute atomic E-state index is 0.333. The van der Waals surface area contributed by atoms with E-state index in [1.165, 1.54) is 0 Å². The number of carbonyl (C=O) groups is 2. The molecule has 2 aliphatic rings. The summed E-state index contributed by atoms with van der Waals surface area (Å²) >= 11 is 6.57. The fraction of sp³-hybridized carbons (Fsp3) is 0.148. The molecule has 4 unspecified atom stereocenters. The molecule has 34 heavy (non-hydrogen) atoms. The van der Waals surface area contributed by atoms with E-state index in [9.17, 15) is 20.0 Å². The Morgan fingerprint density at radius 1 is 0.971 bits per heavy atom. The molecule has 1 fully saturated rings. The average Bonchev–Trinajstić information content (AvgIpc) is 3.17. The number of carboxylic acid groups (broad SMARTS) is 1. The van der Waals surface area contributed by atoms with Crippen molar-refractivity contribution in [3.63, 3.8) is 0 Å². The molecule has 0 spiro atoms. The molecule has 3 aromatic rings. The van der Waals surface area contributed by atoms with Gasteiger partial charge < -0.3 is 14.7 Å². The number of esters is 1. The average molecular weight is 471 g/mol. The van der Waals surface area contributed by atoms with Crippen molar-refractivity contribution in [1.82, 2.24) is 0 Å². The molecule has 0 bridgehead atoms. The lowest BCUT2D eigenvalue weighted by molar-refractivity contribution is -0.146. The van der Waals surface area contributed by atoms with Crippen molar-refractivity contribution in [3.05, 3.63) is 102 Å². The van der Waals surface area contributed by atoms with E-state index in [0.717, 1.165) is 0 Å². The Morgan fingerprint density at radius 3 is 2.24 bits per heavy atom. The molecule has 2 aliphatic heterocycles. The number of halogens is 1. The van der Waals surface area contributed by atoms with Crippen molar-refractivity contribution in [2.45, 2.75) is 18.0 Å². The van der Waals surface area contributed by atoms with Gasteiger partial charge in [0.2, 0.25) is 0 Å². The number of ether oxygens (including phenoxy) is 1. The molecule has 0 amide bonds. The van der Waals surface area contributed by atoms with Crippen LogP contribution in [0.1, 0.15) is 17.0 Å². The van der Waals surface area contributed by atoms with Gasteiger partial charge in [-0.1, -0.05) is 78.3 Å². The minimum Gasteiger partial charge on any atom is -0.480 e. The van der Waals surface area contributed by atoms with Crippen molar-refractivity contribution >= 4 is 34.3 Å². The van der Waals surface area contributed by atoms with Crippen LogP contribution >= 0.6 is 11.6 Å². The van der Waals surface area contributed by atoms with Gasteiger partial charge in [0.15, 0.2) is 5.41 Å². The molecule has 4 atom stereocenters. The van der Waals surface area contributed by atoms with Crippen LogP contribution in [0.4, 0.5) is 5.69 Å². The highest BCUT2D eigenvalue weighted by Gasteiger charge is 2.67. The molecule has 7 heteroatoms. The van der Waals surface area contributed by atoms with E-state index in [1.807, 2.05) is 6.07 Å². The predicted molar refractivity (Wildman–Crippen MR) is 127 cm³/mol. The van der Waals surface area contributed by atoms with Crippen LogP contribution in [0.3, 0.4) is 0 Å². The van der Waals surface area contributed by atoms with E-state index >= 15 is 0 Å². The number of carboxylic acids is 1. The van der Waals surface area contributed by atoms with Crippen LogP contribution in [0.25, 0.3) is 5.03 Å². The molecule has 168 valence electrons. The van der Waals surface area contributed by atoms with Crippen LogP contribution in [-0.2, 0) is 9.59 Å². The predicted octanol–water partition coefficient (Wildman–Crippen LogP) is 4.82. The number of nitriles is 1. The molecule has 5 rings (SSSR count). The largest absolute Gasteiger partial charge is 0.480 e. The van der Waals surface area contributed by atoms with Gasteiger partial charge in [-0.2, -0.15) is 5.26 Å². The van der Waals surface area contributed by atoms with Gasteiger partial charge in [0.25, 0.3) is 0 Å². The second-order valence-electron chi connectivity index (χ2n) is 8.24. The molecular formula is C27H19ClN2O4. The van der Waals surface area contributed by atoms with Crippen LogP contribution in [0.15, 0.2) is 91.0 Å². The zero-order valence-electron chi connectivity index (χ0n) is 17.8. The lowest BCUT2D eigenvalue weighted by Gasteiger charge is -2.36. The minimum atomic E-state index is -1.99. The number of benzene rings is 3. The van der Waals surface area contributed by atoms with Crippen LogP contribution in [0.5, 0.6) is 5.75 Å². The topological polar surface area (TPSA) is 90.6 Å². The first-order valence-corrected chi connectivity index (χ1v) is 11.1. The van der Waals surface area contributed by atoms with E-state index in [2.05, 4.69) is 6.07 Å². The lowest BCUT2D eigenvalue weighted by Crippen LogP contribution is -2.47. The van der Waals surface area contributed by atoms with Crippen molar-refractivity contribution in [1.29, 1.82) is 5.26 Å². The third kappa shape index (κ3) is 3.17. The Hall–Kier alpha value is -4.08. The highest BCUT2D eigenvalue weighted by Crippen LogP contribution is 2.57. The van der Waals surface area contributed by atoms with Crippen LogP contribution in [-0.4, -0.2) is 29.1 Å². The third-order valence-electron chi connectivity index (χ3n) is 6.52. The van der Waals surface area contributed by atoms with Gasteiger partial charge in [-0.3, -0.25) is 4.79 Å². The molecule has 0 radical (unpaired) electrons. The van der Waals surface area contributed by atoms with Crippen molar-refractivity contribution in [2.75, 3.05) is 4.90 Å². The fourth-order valence-electron chi connectivity index (χ4n) is 5.09. The number of hydrogen-bond acceptors (Lipinski definition) is 5. The van der Waals surface area contributed by atoms with E-state index in [-0.39, 0.29) is 0 Å². The van der Waals surface area contributed by atoms with Gasteiger partial charge in [0.05, 0.1) is 12.1 Å². The first-order chi connectivity index (χ1) is 16.5. The highest BCUT2D eigenvalue weighted by molar-refractivity contribution is 6.49. The number of aliphatic carboxylic acids is 1. The zero-order valence-corrected chi connectivity index (χ0v) is 18.6. The number of carbonyl (C=O) groups excluding carboxylic acids is 1. The summed E-state index contributed by atoms with van der Waals surface area (Å²) in [5.74, 6) is -2.66. The summed E-state index contributed by atoms with van der Waals surface area (Å²) in [5, 5.41) is 21.2. The maximum Gasteiger partial charge on any atom is 0.334 e. The fourth-order valence-corrected chi connectivity index (χ4v) is 5.37. The first-order valence-electron chi connectivity index (χ1n) is 10.7. The summed E-state index contributed by atoms with van der Waals surface area (Å²) in [6.07, 6.45) is 1.56. The van der Waals surface area contributed by atoms with Gasteiger partial charge in [0, 0.05) is 22.2 Å². The normalized spacial score (nSPS) is 24.9. The van der Waals surface area contributed by atoms with E-state index < -0.39 is 35.4 Å². The molecule has 0 saturated carbocycles. The Kier molecular flexibility index (Phi) is 5.35. The molecule has 1 N–H and O–H groups in total. The van der Waals surface area contributed by atoms with Crippen molar-refractivity contribution < 1.29 is 19.4 Å². The summed E-state index contributed by atoms with van der Waals surface area (Å²) in [4.78, 5) is 28.3. The lowest BCUT2D eigenvalue weighted by atomic mass is 9.69. The standard InChI is InChI=1S/C27H19ClN2O4/c28-20-15-22-27(16-29,26(32)33)23(17-9-3-1-4-10-17)24(25(31)34-18-11-5-2-6-12-18)30(22)21-14-8-7-13-19(20)21/h1-15,22-24H,(H,32,33). The number of rotatable bonds is 4. The number of nitrogens with zero attached hydrogens (tertiary/aromatic N) is 2. The molecule has 0 aliphatic carbocycles. The van der Waals surface area contributed by atoms with E-state index in [1.54, 1.807) is 89.8 Å². The molecule has 3 aromatic carbocycles. The Balaban J connectivity index is 1.76. The smallest absolute Gasteiger partial charge is 0.334 e. The van der Waals surface area contributed by atoms with E-state index in [0.29, 0.717) is 27.6 Å². The second kappa shape index (κ2) is 8.36. The monoisotopic (exact) mass is 470 g/mol. The summed E-state index contributed by atoms with van der Waals surface area (Å²) < 4.78 is 5.72. The molecule has 1 saturated heterocycles. The Labute approximate surface area is 201 Å². The summed E-state index contributed by atoms with van der Waals surface area (Å²) in [5.41, 5.74) is -0.203. The third-order valence-corrected chi connectivity index (χ3v) is 6.85. The van der Waals surface area contributed by atoms with Gasteiger partial charge in [0.1, 0.15) is 11.8 Å². The quantitative estimate of drug-likeness (QED) is 0.434. The maximum absolute atomic E-state index is 13.8. The SMILES string of the molecule is N#CC1(C(=O)O)C(c2ccccc2)C(C(=O)Oc2ccccc2)N2c3ccccc3C(Cl)=CC21. The maximum atomic E-state index is 13.8. The van der Waals surface area contributed by atoms with Gasteiger partial charge >= 0.3 is 11.9 Å². The highest BCUT2D eigenvalue weighted by atomic mass is 35.5. The van der Waals surface area contributed by atoms with Gasteiger partial charge in [-0.05, 0) is 29.8 Å². The number of anilines is 1. The summed E-state index contributed by atoms with van der Waals surface area (Å²) in [6.45, 7) is 0. The zero-order chi connectivity index (χ0) is 23.9. The second-order valence-corrected chi connectivity index (χ2v) is 8.64. The van der Waals surface area contributed by atoms with Crippen molar-refractivity contribution in [2.24, 2.45) is 5.41 Å². The summed E-state index contributed by atoms with van der Waals surface area (Å²) in [7, 11) is 0. The van der Waals surface area contributed by atoms with Gasteiger partial charge in [-0.15, -0.1) is 0 Å². The van der Waals surface area contributed by atoms with Crippen LogP contribution in [0, 0.1) is 16.7 Å².